The molecule has 1 rings (SSSR count). The van der Waals surface area contributed by atoms with Crippen LogP contribution in [0.1, 0.15) is 40.5 Å². The van der Waals surface area contributed by atoms with E-state index in [2.05, 4.69) is 4.74 Å². The van der Waals surface area contributed by atoms with E-state index in [4.69, 9.17) is 9.47 Å². The highest BCUT2D eigenvalue weighted by molar-refractivity contribution is 6.18. The zero-order chi connectivity index (χ0) is 18.5. The van der Waals surface area contributed by atoms with Crippen molar-refractivity contribution < 1.29 is 28.6 Å². The molecule has 0 aliphatic carbocycles. The van der Waals surface area contributed by atoms with Gasteiger partial charge in [0.15, 0.2) is 5.78 Å². The number of hydrogen-bond donors (Lipinski definition) is 0. The van der Waals surface area contributed by atoms with Gasteiger partial charge in [-0.1, -0.05) is 0 Å². The highest BCUT2D eigenvalue weighted by Gasteiger charge is 2.34. The summed E-state index contributed by atoms with van der Waals surface area (Å²) in [5, 5.41) is 0. The Morgan fingerprint density at radius 3 is 1.96 bits per heavy atom. The Balaban J connectivity index is 2.74. The molecule has 0 aromatic heterocycles. The van der Waals surface area contributed by atoms with Crippen LogP contribution in [0.25, 0.3) is 0 Å². The molecular formula is C17H27NO6. The molecule has 7 heteroatoms. The lowest BCUT2D eigenvalue weighted by molar-refractivity contribution is -0.139. The lowest BCUT2D eigenvalue weighted by atomic mass is 9.88. The highest BCUT2D eigenvalue weighted by Crippen LogP contribution is 2.24. The Kier molecular flexibility index (Phi) is 6.81. The van der Waals surface area contributed by atoms with Crippen molar-refractivity contribution in [1.29, 1.82) is 0 Å². The van der Waals surface area contributed by atoms with E-state index in [1.54, 1.807) is 11.8 Å². The number of carbonyl (C=O) groups is 3. The molecule has 0 spiro atoms. The third-order valence-corrected chi connectivity index (χ3v) is 3.81. The molecule has 1 fully saturated rings. The summed E-state index contributed by atoms with van der Waals surface area (Å²) in [7, 11) is 2.63. The normalized spacial score (nSPS) is 17.0. The molecule has 24 heavy (non-hydrogen) atoms. The first-order chi connectivity index (χ1) is 11.1. The minimum Gasteiger partial charge on any atom is -0.500 e. The molecule has 0 unspecified atom stereocenters. The van der Waals surface area contributed by atoms with E-state index < -0.39 is 11.6 Å². The van der Waals surface area contributed by atoms with Crippen LogP contribution in [0.3, 0.4) is 0 Å². The molecular weight excluding hydrogens is 314 g/mol. The summed E-state index contributed by atoms with van der Waals surface area (Å²) < 4.78 is 15.0. The molecule has 136 valence electrons. The first kappa shape index (κ1) is 20.0. The van der Waals surface area contributed by atoms with Gasteiger partial charge >= 0.3 is 12.1 Å². The Hall–Kier alpha value is -2.05. The van der Waals surface area contributed by atoms with Crippen molar-refractivity contribution in [3.8, 4) is 0 Å². The predicted octanol–water partition coefficient (Wildman–Crippen LogP) is 2.30. The Morgan fingerprint density at radius 1 is 1.00 bits per heavy atom. The van der Waals surface area contributed by atoms with Crippen LogP contribution in [-0.2, 0) is 23.8 Å². The summed E-state index contributed by atoms with van der Waals surface area (Å²) >= 11 is 0. The van der Waals surface area contributed by atoms with Gasteiger partial charge in [-0.25, -0.2) is 9.59 Å². The van der Waals surface area contributed by atoms with Gasteiger partial charge in [-0.15, -0.1) is 0 Å². The zero-order valence-corrected chi connectivity index (χ0v) is 15.3. The summed E-state index contributed by atoms with van der Waals surface area (Å²) in [6, 6.07) is 0. The van der Waals surface area contributed by atoms with Gasteiger partial charge in [0.1, 0.15) is 16.9 Å². The van der Waals surface area contributed by atoms with Gasteiger partial charge in [0, 0.05) is 19.0 Å². The number of methoxy groups -OCH3 is 2. The molecule has 0 atom stereocenters. The second-order valence-corrected chi connectivity index (χ2v) is 6.73. The molecule has 0 bridgehead atoms. The van der Waals surface area contributed by atoms with Crippen LogP contribution in [-0.4, -0.2) is 55.7 Å². The molecule has 0 radical (unpaired) electrons. The number of likely N-dealkylation sites (tertiary alicyclic amines) is 1. The summed E-state index contributed by atoms with van der Waals surface area (Å²) in [6.45, 7) is 7.80. The molecule has 1 aliphatic rings. The van der Waals surface area contributed by atoms with Crippen molar-refractivity contribution in [3.05, 3.63) is 11.3 Å². The molecule has 1 saturated heterocycles. The number of Topliss-reactive ketones (excluding diaryl/α,β-unsaturated/α-hetero) is 1. The Labute approximate surface area is 142 Å². The number of amides is 1. The average molecular weight is 341 g/mol. The van der Waals surface area contributed by atoms with Crippen molar-refractivity contribution >= 4 is 17.8 Å². The largest absolute Gasteiger partial charge is 0.500 e. The number of carbonyl (C=O) groups excluding carboxylic acids is 3. The number of ketones is 1. The first-order valence-corrected chi connectivity index (χ1v) is 7.96. The molecule has 0 aromatic rings. The fourth-order valence-electron chi connectivity index (χ4n) is 2.48. The van der Waals surface area contributed by atoms with E-state index in [0.29, 0.717) is 25.9 Å². The lowest BCUT2D eigenvalue weighted by Crippen LogP contribution is -2.43. The summed E-state index contributed by atoms with van der Waals surface area (Å²) in [6.07, 6.45) is 0.552. The molecule has 7 nitrogen and oxygen atoms in total. The number of piperidine rings is 1. The van der Waals surface area contributed by atoms with Crippen LogP contribution in [0, 0.1) is 5.92 Å². The number of ether oxygens (including phenoxy) is 3. The topological polar surface area (TPSA) is 82.1 Å². The van der Waals surface area contributed by atoms with Crippen LogP contribution in [0.4, 0.5) is 4.79 Å². The summed E-state index contributed by atoms with van der Waals surface area (Å²) in [4.78, 5) is 38.1. The highest BCUT2D eigenvalue weighted by atomic mass is 16.6. The van der Waals surface area contributed by atoms with E-state index in [9.17, 15) is 14.4 Å². The number of nitrogens with zero attached hydrogens (tertiary/aromatic N) is 1. The van der Waals surface area contributed by atoms with Gasteiger partial charge in [-0.05, 0) is 40.5 Å². The third-order valence-electron chi connectivity index (χ3n) is 3.81. The Morgan fingerprint density at radius 2 is 1.54 bits per heavy atom. The van der Waals surface area contributed by atoms with Gasteiger partial charge in [-0.3, -0.25) is 4.79 Å². The van der Waals surface area contributed by atoms with Crippen LogP contribution in [0.2, 0.25) is 0 Å². The first-order valence-electron chi connectivity index (χ1n) is 7.96. The molecule has 0 N–H and O–H groups in total. The average Bonchev–Trinajstić information content (AvgIpc) is 2.52. The fourth-order valence-corrected chi connectivity index (χ4v) is 2.48. The van der Waals surface area contributed by atoms with Crippen molar-refractivity contribution in [2.75, 3.05) is 27.3 Å². The SMILES string of the molecule is COC(=O)/C(C(=O)C1CCN(C(=O)OC(C)(C)C)CC1)=C(\C)OC. The molecule has 1 heterocycles. The number of allylic oxidation sites excluding steroid dienone is 1. The van der Waals surface area contributed by atoms with E-state index >= 15 is 0 Å². The Bertz CT molecular complexity index is 524. The number of esters is 1. The van der Waals surface area contributed by atoms with Gasteiger partial charge in [0.2, 0.25) is 0 Å². The van der Waals surface area contributed by atoms with Crippen molar-refractivity contribution in [2.24, 2.45) is 5.92 Å². The monoisotopic (exact) mass is 341 g/mol. The quantitative estimate of drug-likeness (QED) is 0.256. The smallest absolute Gasteiger partial charge is 0.410 e. The lowest BCUT2D eigenvalue weighted by Gasteiger charge is -2.33. The summed E-state index contributed by atoms with van der Waals surface area (Å²) in [5.74, 6) is -1.11. The zero-order valence-electron chi connectivity index (χ0n) is 15.3. The van der Waals surface area contributed by atoms with Crippen molar-refractivity contribution in [2.45, 2.75) is 46.1 Å². The van der Waals surface area contributed by atoms with Crippen LogP contribution >= 0.6 is 0 Å². The molecule has 1 aliphatic heterocycles. The van der Waals surface area contributed by atoms with Gasteiger partial charge in [0.05, 0.1) is 14.2 Å². The number of hydrogen-bond acceptors (Lipinski definition) is 6. The third kappa shape index (κ3) is 5.25. The maximum absolute atomic E-state index is 12.6. The van der Waals surface area contributed by atoms with E-state index in [0.717, 1.165) is 0 Å². The van der Waals surface area contributed by atoms with E-state index in [1.165, 1.54) is 14.2 Å². The predicted molar refractivity (Wildman–Crippen MR) is 87.3 cm³/mol. The molecule has 1 amide bonds. The van der Waals surface area contributed by atoms with Gasteiger partial charge < -0.3 is 19.1 Å². The van der Waals surface area contributed by atoms with Crippen molar-refractivity contribution in [3.63, 3.8) is 0 Å². The molecule has 0 aromatic carbocycles. The van der Waals surface area contributed by atoms with Crippen LogP contribution < -0.4 is 0 Å². The second kappa shape index (κ2) is 8.17. The minimum absolute atomic E-state index is 0.0595. The van der Waals surface area contributed by atoms with Gasteiger partial charge in [-0.2, -0.15) is 0 Å². The second-order valence-electron chi connectivity index (χ2n) is 6.73. The molecule has 0 saturated carbocycles. The van der Waals surface area contributed by atoms with Gasteiger partial charge in [0.25, 0.3) is 0 Å². The number of rotatable bonds is 4. The summed E-state index contributed by atoms with van der Waals surface area (Å²) in [5.41, 5.74) is -0.615. The van der Waals surface area contributed by atoms with Crippen molar-refractivity contribution in [1.82, 2.24) is 4.90 Å². The van der Waals surface area contributed by atoms with E-state index in [-0.39, 0.29) is 29.1 Å². The fraction of sp³-hybridized carbons (Fsp3) is 0.706. The maximum atomic E-state index is 12.6. The van der Waals surface area contributed by atoms with Crippen LogP contribution in [0.5, 0.6) is 0 Å². The maximum Gasteiger partial charge on any atom is 0.410 e. The minimum atomic E-state index is -0.700. The van der Waals surface area contributed by atoms with Crippen LogP contribution in [0.15, 0.2) is 11.3 Å². The van der Waals surface area contributed by atoms with E-state index in [1.807, 2.05) is 20.8 Å². The standard InChI is InChI=1S/C17H27NO6/c1-11(22-5)13(15(20)23-6)14(19)12-7-9-18(10-8-12)16(21)24-17(2,3)4/h12H,7-10H2,1-6H3/b13-11+.